The van der Waals surface area contributed by atoms with E-state index in [1.165, 1.54) is 37.6 Å². The Kier molecular flexibility index (Phi) is 5.18. The van der Waals surface area contributed by atoms with Gasteiger partial charge in [0.1, 0.15) is 17.7 Å². The molecule has 2 unspecified atom stereocenters. The lowest BCUT2D eigenvalue weighted by Crippen LogP contribution is -2.33. The van der Waals surface area contributed by atoms with Crippen LogP contribution >= 0.6 is 0 Å². The molecule has 0 fully saturated rings. The number of aromatic nitrogens is 3. The highest BCUT2D eigenvalue weighted by molar-refractivity contribution is 5.74. The monoisotopic (exact) mass is 394 g/mol. The van der Waals surface area contributed by atoms with E-state index in [1.807, 2.05) is 0 Å². The second kappa shape index (κ2) is 7.29. The Morgan fingerprint density at radius 3 is 2.64 bits per heavy atom. The average molecular weight is 394 g/mol. The lowest BCUT2D eigenvalue weighted by atomic mass is 9.80. The van der Waals surface area contributed by atoms with Gasteiger partial charge in [-0.2, -0.15) is 13.2 Å². The second-order valence-corrected chi connectivity index (χ2v) is 7.09. The molecule has 1 N–H and O–H groups in total. The molecule has 0 bridgehead atoms. The first-order valence-corrected chi connectivity index (χ1v) is 8.58. The Balaban J connectivity index is 1.94. The van der Waals surface area contributed by atoms with Crippen LogP contribution in [-0.2, 0) is 12.0 Å². The van der Waals surface area contributed by atoms with Crippen LogP contribution in [0.2, 0.25) is 0 Å². The van der Waals surface area contributed by atoms with Crippen molar-refractivity contribution >= 4 is 11.0 Å². The number of nitroso groups, excluding NO2 is 1. The zero-order valence-corrected chi connectivity index (χ0v) is 15.2. The summed E-state index contributed by atoms with van der Waals surface area (Å²) >= 11 is 0. The molecule has 1 aromatic carbocycles. The van der Waals surface area contributed by atoms with E-state index in [9.17, 15) is 22.5 Å². The minimum atomic E-state index is -4.57. The molecule has 0 aliphatic carbocycles. The number of benzene rings is 1. The molecule has 2 heterocycles. The Morgan fingerprint density at radius 1 is 1.25 bits per heavy atom. The number of hydrogen-bond donors (Lipinski definition) is 1. The van der Waals surface area contributed by atoms with E-state index in [1.54, 1.807) is 6.92 Å². The number of H-pyrrole nitrogens is 1. The molecule has 5 nitrogen and oxygen atoms in total. The number of fused-ring (bicyclic) bond motifs is 1. The van der Waals surface area contributed by atoms with Gasteiger partial charge in [0.15, 0.2) is 0 Å². The summed E-state index contributed by atoms with van der Waals surface area (Å²) in [6.07, 6.45) is -2.79. The normalized spacial score (nSPS) is 15.4. The maximum absolute atomic E-state index is 13.8. The van der Waals surface area contributed by atoms with Gasteiger partial charge in [-0.25, -0.2) is 14.4 Å². The zero-order valence-electron chi connectivity index (χ0n) is 15.2. The van der Waals surface area contributed by atoms with Crippen LogP contribution in [0.5, 0.6) is 0 Å². The van der Waals surface area contributed by atoms with Crippen LogP contribution in [0.15, 0.2) is 42.0 Å². The van der Waals surface area contributed by atoms with E-state index < -0.39 is 29.9 Å². The number of hydrogen-bond acceptors (Lipinski definition) is 4. The van der Waals surface area contributed by atoms with Gasteiger partial charge in [-0.15, -0.1) is 4.91 Å². The van der Waals surface area contributed by atoms with Gasteiger partial charge in [-0.05, 0) is 56.0 Å². The number of nitrogens with zero attached hydrogens (tertiary/aromatic N) is 3. The van der Waals surface area contributed by atoms with Crippen molar-refractivity contribution in [2.24, 2.45) is 11.1 Å². The van der Waals surface area contributed by atoms with Crippen LogP contribution in [0.1, 0.15) is 30.2 Å². The first-order valence-electron chi connectivity index (χ1n) is 8.58. The standard InChI is InChI=1S/C19H18F4N4O/c1-11-3-4-13(20)6-15(11)18(2,27-28)8-12(19(21,22)23)5-14-7-16-17(26-14)9-24-10-25-16/h3-4,6-7,9-10,12,26H,5,8H2,1-2H3. The second-order valence-electron chi connectivity index (χ2n) is 7.09. The molecule has 148 valence electrons. The molecule has 2 aromatic heterocycles. The van der Waals surface area contributed by atoms with E-state index >= 15 is 0 Å². The quantitative estimate of drug-likeness (QED) is 0.462. The molecule has 9 heteroatoms. The third kappa shape index (κ3) is 4.02. The number of aromatic amines is 1. The third-order valence-corrected chi connectivity index (χ3v) is 4.90. The molecular weight excluding hydrogens is 376 g/mol. The topological polar surface area (TPSA) is 71.0 Å². The van der Waals surface area contributed by atoms with Gasteiger partial charge in [-0.1, -0.05) is 11.2 Å². The number of nitrogens with one attached hydrogen (secondary N) is 1. The first-order chi connectivity index (χ1) is 13.1. The number of alkyl halides is 3. The summed E-state index contributed by atoms with van der Waals surface area (Å²) in [5, 5.41) is 2.98. The molecule has 0 saturated heterocycles. The summed E-state index contributed by atoms with van der Waals surface area (Å²) in [6, 6.07) is 5.21. The summed E-state index contributed by atoms with van der Waals surface area (Å²) in [5.74, 6) is -2.49. The highest BCUT2D eigenvalue weighted by atomic mass is 19.4. The van der Waals surface area contributed by atoms with E-state index in [0.29, 0.717) is 22.3 Å². The van der Waals surface area contributed by atoms with Gasteiger partial charge in [0, 0.05) is 5.69 Å². The Hall–Kier alpha value is -2.84. The van der Waals surface area contributed by atoms with E-state index in [4.69, 9.17) is 0 Å². The van der Waals surface area contributed by atoms with Crippen molar-refractivity contribution in [3.05, 3.63) is 64.3 Å². The van der Waals surface area contributed by atoms with Crippen molar-refractivity contribution in [3.8, 4) is 0 Å². The van der Waals surface area contributed by atoms with Gasteiger partial charge >= 0.3 is 6.18 Å². The fourth-order valence-electron chi connectivity index (χ4n) is 3.45. The van der Waals surface area contributed by atoms with Crippen LogP contribution in [0.3, 0.4) is 0 Å². The Labute approximate surface area is 158 Å². The maximum atomic E-state index is 13.8. The largest absolute Gasteiger partial charge is 0.392 e. The van der Waals surface area contributed by atoms with Gasteiger partial charge in [0.05, 0.1) is 23.1 Å². The summed E-state index contributed by atoms with van der Waals surface area (Å²) in [4.78, 5) is 22.3. The van der Waals surface area contributed by atoms with Crippen molar-refractivity contribution in [1.29, 1.82) is 0 Å². The number of rotatable bonds is 6. The minimum Gasteiger partial charge on any atom is -0.356 e. The van der Waals surface area contributed by atoms with Crippen LogP contribution in [0.25, 0.3) is 11.0 Å². The fraction of sp³-hybridized carbons (Fsp3) is 0.368. The molecule has 3 rings (SSSR count). The number of halogens is 4. The summed E-state index contributed by atoms with van der Waals surface area (Å²) in [7, 11) is 0. The van der Waals surface area contributed by atoms with Gasteiger partial charge in [0.25, 0.3) is 0 Å². The van der Waals surface area contributed by atoms with Crippen LogP contribution < -0.4 is 0 Å². The lowest BCUT2D eigenvalue weighted by molar-refractivity contribution is -0.179. The van der Waals surface area contributed by atoms with Crippen LogP contribution in [0.4, 0.5) is 17.6 Å². The molecule has 0 radical (unpaired) electrons. The molecule has 0 aliphatic heterocycles. The minimum absolute atomic E-state index is 0.152. The van der Waals surface area contributed by atoms with E-state index in [2.05, 4.69) is 20.1 Å². The van der Waals surface area contributed by atoms with Crippen molar-refractivity contribution in [1.82, 2.24) is 15.0 Å². The molecule has 0 spiro atoms. The smallest absolute Gasteiger partial charge is 0.356 e. The number of aryl methyl sites for hydroxylation is 1. The van der Waals surface area contributed by atoms with Crippen LogP contribution in [-0.4, -0.2) is 21.1 Å². The Bertz CT molecular complexity index is 968. The summed E-state index contributed by atoms with van der Waals surface area (Å²) in [6.45, 7) is 2.91. The average Bonchev–Trinajstić information content (AvgIpc) is 3.04. The van der Waals surface area contributed by atoms with Crippen molar-refractivity contribution in [2.75, 3.05) is 0 Å². The first kappa shape index (κ1) is 19.9. The van der Waals surface area contributed by atoms with Gasteiger partial charge in [-0.3, -0.25) is 0 Å². The summed E-state index contributed by atoms with van der Waals surface area (Å²) < 4.78 is 55.0. The highest BCUT2D eigenvalue weighted by Crippen LogP contribution is 2.42. The predicted molar refractivity (Wildman–Crippen MR) is 96.0 cm³/mol. The van der Waals surface area contributed by atoms with Crippen LogP contribution in [0, 0.1) is 23.6 Å². The molecule has 0 amide bonds. The van der Waals surface area contributed by atoms with Gasteiger partial charge < -0.3 is 4.98 Å². The molecular formula is C19H18F4N4O. The highest BCUT2D eigenvalue weighted by Gasteiger charge is 2.45. The third-order valence-electron chi connectivity index (χ3n) is 4.90. The van der Waals surface area contributed by atoms with Gasteiger partial charge in [0.2, 0.25) is 0 Å². The Morgan fingerprint density at radius 2 is 2.00 bits per heavy atom. The maximum Gasteiger partial charge on any atom is 0.392 e. The van der Waals surface area contributed by atoms with E-state index in [-0.39, 0.29) is 12.0 Å². The van der Waals surface area contributed by atoms with Crippen molar-refractivity contribution in [2.45, 2.75) is 38.4 Å². The predicted octanol–water partition coefficient (Wildman–Crippen LogP) is 5.20. The molecule has 28 heavy (non-hydrogen) atoms. The zero-order chi connectivity index (χ0) is 20.5. The lowest BCUT2D eigenvalue weighted by Gasteiger charge is -2.30. The molecule has 2 atom stereocenters. The molecule has 0 aliphatic rings. The molecule has 3 aromatic rings. The van der Waals surface area contributed by atoms with Crippen molar-refractivity contribution in [3.63, 3.8) is 0 Å². The van der Waals surface area contributed by atoms with E-state index in [0.717, 1.165) is 6.07 Å². The summed E-state index contributed by atoms with van der Waals surface area (Å²) in [5.41, 5.74) is 0.281. The van der Waals surface area contributed by atoms with Crippen molar-refractivity contribution < 1.29 is 17.6 Å². The fourth-order valence-corrected chi connectivity index (χ4v) is 3.45. The molecule has 0 saturated carbocycles. The SMILES string of the molecule is Cc1ccc(F)cc1C(C)(CC(Cc1cc2ncncc2[nH]1)C(F)(F)F)N=O.